The van der Waals surface area contributed by atoms with Gasteiger partial charge in [0.25, 0.3) is 0 Å². The minimum absolute atomic E-state index is 0.232. The second kappa shape index (κ2) is 4.18. The van der Waals surface area contributed by atoms with Gasteiger partial charge < -0.3 is 10.6 Å². The summed E-state index contributed by atoms with van der Waals surface area (Å²) in [6.45, 7) is 1.72. The lowest BCUT2D eigenvalue weighted by Gasteiger charge is -2.07. The van der Waals surface area contributed by atoms with E-state index in [4.69, 9.17) is 12.2 Å². The average Bonchev–Trinajstić information content (AvgIpc) is 2.11. The molecule has 0 aliphatic carbocycles. The maximum absolute atomic E-state index is 13.0. The number of hydrogen-bond acceptors (Lipinski definition) is 1. The number of hydrogen-bond donors (Lipinski definition) is 2. The van der Waals surface area contributed by atoms with Crippen LogP contribution in [-0.4, -0.2) is 12.2 Å². The molecule has 0 aliphatic heterocycles. The molecule has 1 aromatic carbocycles. The lowest BCUT2D eigenvalue weighted by Crippen LogP contribution is -2.24. The first-order valence-electron chi connectivity index (χ1n) is 3.88. The Kier molecular flexibility index (Phi) is 3.19. The van der Waals surface area contributed by atoms with Crippen LogP contribution in [0.4, 0.5) is 10.1 Å². The fourth-order valence-electron chi connectivity index (χ4n) is 0.864. The highest BCUT2D eigenvalue weighted by molar-refractivity contribution is 7.80. The maximum atomic E-state index is 13.0. The Hall–Kier alpha value is -1.16. The summed E-state index contributed by atoms with van der Waals surface area (Å²) in [7, 11) is 1.71. The van der Waals surface area contributed by atoms with Gasteiger partial charge in [0.1, 0.15) is 5.82 Å². The van der Waals surface area contributed by atoms with Crippen LogP contribution in [0.15, 0.2) is 18.2 Å². The highest BCUT2D eigenvalue weighted by atomic mass is 32.1. The molecule has 0 unspecified atom stereocenters. The molecule has 70 valence electrons. The lowest BCUT2D eigenvalue weighted by atomic mass is 10.2. The standard InChI is InChI=1S/C9H11FN2S/c1-6-3-4-7(5-8(6)10)12-9(13)11-2/h3-5H,1-2H3,(H2,11,12,13). The van der Waals surface area contributed by atoms with Gasteiger partial charge in [-0.1, -0.05) is 6.07 Å². The van der Waals surface area contributed by atoms with Crippen molar-refractivity contribution in [2.24, 2.45) is 0 Å². The van der Waals surface area contributed by atoms with Crippen molar-refractivity contribution in [2.75, 3.05) is 12.4 Å². The van der Waals surface area contributed by atoms with Crippen molar-refractivity contribution in [1.82, 2.24) is 5.32 Å². The quantitative estimate of drug-likeness (QED) is 0.675. The van der Waals surface area contributed by atoms with Crippen molar-refractivity contribution in [3.8, 4) is 0 Å². The van der Waals surface area contributed by atoms with Crippen molar-refractivity contribution < 1.29 is 4.39 Å². The first-order chi connectivity index (χ1) is 6.13. The number of anilines is 1. The molecule has 0 heterocycles. The van der Waals surface area contributed by atoms with Crippen LogP contribution in [0.25, 0.3) is 0 Å². The van der Waals surface area contributed by atoms with Gasteiger partial charge in [0.15, 0.2) is 5.11 Å². The highest BCUT2D eigenvalue weighted by Gasteiger charge is 1.99. The summed E-state index contributed by atoms with van der Waals surface area (Å²) < 4.78 is 13.0. The van der Waals surface area contributed by atoms with E-state index in [1.807, 2.05) is 0 Å². The third-order valence-electron chi connectivity index (χ3n) is 1.66. The summed E-state index contributed by atoms with van der Waals surface area (Å²) in [5, 5.41) is 6.06. The molecule has 0 aliphatic rings. The van der Waals surface area contributed by atoms with Crippen LogP contribution in [0.2, 0.25) is 0 Å². The van der Waals surface area contributed by atoms with Crippen LogP contribution < -0.4 is 10.6 Å². The van der Waals surface area contributed by atoms with E-state index in [-0.39, 0.29) is 5.82 Å². The van der Waals surface area contributed by atoms with Crippen molar-refractivity contribution in [3.05, 3.63) is 29.6 Å². The minimum Gasteiger partial charge on any atom is -0.366 e. The van der Waals surface area contributed by atoms with Gasteiger partial charge in [0.2, 0.25) is 0 Å². The van der Waals surface area contributed by atoms with Crippen molar-refractivity contribution in [1.29, 1.82) is 0 Å². The molecule has 0 amide bonds. The summed E-state index contributed by atoms with van der Waals surface area (Å²) >= 11 is 4.87. The molecule has 1 aromatic rings. The molecule has 0 bridgehead atoms. The van der Waals surface area contributed by atoms with Crippen LogP contribution in [0.3, 0.4) is 0 Å². The molecule has 4 heteroatoms. The molecule has 0 radical (unpaired) electrons. The molecule has 0 spiro atoms. The van der Waals surface area contributed by atoms with Crippen LogP contribution in [0.5, 0.6) is 0 Å². The van der Waals surface area contributed by atoms with Gasteiger partial charge in [-0.3, -0.25) is 0 Å². The Labute approximate surface area is 82.2 Å². The van der Waals surface area contributed by atoms with Gasteiger partial charge in [-0.25, -0.2) is 4.39 Å². The normalized spacial score (nSPS) is 9.46. The summed E-state index contributed by atoms with van der Waals surface area (Å²) in [6.07, 6.45) is 0. The number of benzene rings is 1. The summed E-state index contributed by atoms with van der Waals surface area (Å²) in [5.74, 6) is -0.232. The van der Waals surface area contributed by atoms with E-state index in [1.54, 1.807) is 26.1 Å². The molecule has 2 N–H and O–H groups in total. The summed E-state index contributed by atoms with van der Waals surface area (Å²) in [4.78, 5) is 0. The first-order valence-corrected chi connectivity index (χ1v) is 4.29. The molecular weight excluding hydrogens is 187 g/mol. The molecule has 1 rings (SSSR count). The predicted molar refractivity (Wildman–Crippen MR) is 56.4 cm³/mol. The zero-order chi connectivity index (χ0) is 9.84. The largest absolute Gasteiger partial charge is 0.366 e. The average molecular weight is 198 g/mol. The van der Waals surface area contributed by atoms with Crippen LogP contribution in [0, 0.1) is 12.7 Å². The van der Waals surface area contributed by atoms with E-state index in [0.29, 0.717) is 16.4 Å². The first kappa shape index (κ1) is 9.92. The SMILES string of the molecule is CNC(=S)Nc1ccc(C)c(F)c1. The van der Waals surface area contributed by atoms with Crippen molar-refractivity contribution >= 4 is 23.0 Å². The third kappa shape index (κ3) is 2.66. The van der Waals surface area contributed by atoms with Gasteiger partial charge in [0.05, 0.1) is 0 Å². The number of nitrogens with one attached hydrogen (secondary N) is 2. The van der Waals surface area contributed by atoms with E-state index in [1.165, 1.54) is 6.07 Å². The minimum atomic E-state index is -0.232. The number of thiocarbonyl (C=S) groups is 1. The molecule has 0 atom stereocenters. The van der Waals surface area contributed by atoms with Crippen LogP contribution in [-0.2, 0) is 0 Å². The van der Waals surface area contributed by atoms with E-state index >= 15 is 0 Å². The van der Waals surface area contributed by atoms with E-state index in [0.717, 1.165) is 0 Å². The number of aryl methyl sites for hydroxylation is 1. The van der Waals surface area contributed by atoms with Gasteiger partial charge >= 0.3 is 0 Å². The second-order valence-corrected chi connectivity index (χ2v) is 3.08. The second-order valence-electron chi connectivity index (χ2n) is 2.67. The third-order valence-corrected chi connectivity index (χ3v) is 1.96. The predicted octanol–water partition coefficient (Wildman–Crippen LogP) is 2.05. The van der Waals surface area contributed by atoms with Crippen molar-refractivity contribution in [2.45, 2.75) is 6.92 Å². The van der Waals surface area contributed by atoms with Gasteiger partial charge in [0, 0.05) is 12.7 Å². The molecular formula is C9H11FN2S. The zero-order valence-electron chi connectivity index (χ0n) is 7.52. The molecule has 0 saturated carbocycles. The Morgan fingerprint density at radius 2 is 2.15 bits per heavy atom. The highest BCUT2D eigenvalue weighted by Crippen LogP contribution is 2.13. The molecule has 0 saturated heterocycles. The van der Waals surface area contributed by atoms with Gasteiger partial charge in [-0.15, -0.1) is 0 Å². The Balaban J connectivity index is 2.79. The smallest absolute Gasteiger partial charge is 0.170 e. The van der Waals surface area contributed by atoms with E-state index in [9.17, 15) is 4.39 Å². The fraction of sp³-hybridized carbons (Fsp3) is 0.222. The fourth-order valence-corrected chi connectivity index (χ4v) is 0.982. The van der Waals surface area contributed by atoms with Crippen LogP contribution in [0.1, 0.15) is 5.56 Å². The topological polar surface area (TPSA) is 24.1 Å². The zero-order valence-corrected chi connectivity index (χ0v) is 8.33. The van der Waals surface area contributed by atoms with Crippen molar-refractivity contribution in [3.63, 3.8) is 0 Å². The van der Waals surface area contributed by atoms with Crippen LogP contribution >= 0.6 is 12.2 Å². The molecule has 13 heavy (non-hydrogen) atoms. The van der Waals surface area contributed by atoms with Gasteiger partial charge in [-0.2, -0.15) is 0 Å². The molecule has 2 nitrogen and oxygen atoms in total. The molecule has 0 fully saturated rings. The summed E-state index contributed by atoms with van der Waals surface area (Å²) in [6, 6.07) is 4.90. The number of halogens is 1. The maximum Gasteiger partial charge on any atom is 0.170 e. The van der Waals surface area contributed by atoms with E-state index < -0.39 is 0 Å². The summed E-state index contributed by atoms with van der Waals surface area (Å²) in [5.41, 5.74) is 1.28. The Morgan fingerprint density at radius 1 is 1.46 bits per heavy atom. The van der Waals surface area contributed by atoms with Gasteiger partial charge in [-0.05, 0) is 36.8 Å². The lowest BCUT2D eigenvalue weighted by molar-refractivity contribution is 0.619. The molecule has 0 aromatic heterocycles. The Morgan fingerprint density at radius 3 is 2.69 bits per heavy atom. The van der Waals surface area contributed by atoms with E-state index in [2.05, 4.69) is 10.6 Å². The monoisotopic (exact) mass is 198 g/mol. The Bertz CT molecular complexity index is 325. The number of rotatable bonds is 1.